The summed E-state index contributed by atoms with van der Waals surface area (Å²) in [4.78, 5) is 13.3. The quantitative estimate of drug-likeness (QED) is 0.567. The van der Waals surface area contributed by atoms with Gasteiger partial charge >= 0.3 is 0 Å². The van der Waals surface area contributed by atoms with Gasteiger partial charge in [0, 0.05) is 15.8 Å². The van der Waals surface area contributed by atoms with E-state index < -0.39 is 0 Å². The number of amides is 1. The highest BCUT2D eigenvalue weighted by Gasteiger charge is 2.19. The molecule has 1 aromatic heterocycles. The van der Waals surface area contributed by atoms with E-state index in [-0.39, 0.29) is 5.91 Å². The van der Waals surface area contributed by atoms with Crippen molar-refractivity contribution in [1.82, 2.24) is 0 Å². The molecule has 0 radical (unpaired) electrons. The summed E-state index contributed by atoms with van der Waals surface area (Å²) in [6.07, 6.45) is 1.01. The minimum absolute atomic E-state index is 0.180. The average molecular weight is 374 g/mol. The Morgan fingerprint density at radius 3 is 2.76 bits per heavy atom. The van der Waals surface area contributed by atoms with Crippen LogP contribution in [0.5, 0.6) is 5.75 Å². The van der Waals surface area contributed by atoms with E-state index >= 15 is 0 Å². The van der Waals surface area contributed by atoms with E-state index in [1.807, 2.05) is 36.4 Å². The van der Waals surface area contributed by atoms with Crippen molar-refractivity contribution in [3.63, 3.8) is 0 Å². The summed E-state index contributed by atoms with van der Waals surface area (Å²) in [5.41, 5.74) is 1.98. The van der Waals surface area contributed by atoms with Gasteiger partial charge in [-0.2, -0.15) is 0 Å². The molecule has 0 saturated heterocycles. The van der Waals surface area contributed by atoms with Gasteiger partial charge in [0.05, 0.1) is 12.1 Å². The number of thiophene rings is 1. The minimum atomic E-state index is -0.180. The molecule has 0 saturated carbocycles. The topological polar surface area (TPSA) is 38.3 Å². The largest absolute Gasteiger partial charge is 0.497 e. The summed E-state index contributed by atoms with van der Waals surface area (Å²) in [5, 5.41) is 4.34. The van der Waals surface area contributed by atoms with Crippen LogP contribution in [0.1, 0.15) is 41.4 Å². The number of ether oxygens (including phenoxy) is 1. The van der Waals surface area contributed by atoms with Crippen molar-refractivity contribution in [3.8, 4) is 5.75 Å². The van der Waals surface area contributed by atoms with Gasteiger partial charge < -0.3 is 10.1 Å². The number of anilines is 1. The molecule has 2 aromatic carbocycles. The molecule has 1 unspecified atom stereocenters. The Bertz CT molecular complexity index is 919. The van der Waals surface area contributed by atoms with Gasteiger partial charge in [-0.15, -0.1) is 11.3 Å². The van der Waals surface area contributed by atoms with E-state index in [1.54, 1.807) is 7.11 Å². The first kappa shape index (κ1) is 17.8. The Balaban J connectivity index is 1.95. The lowest BCUT2D eigenvalue weighted by atomic mass is 9.97. The van der Waals surface area contributed by atoms with Gasteiger partial charge in [-0.25, -0.2) is 0 Å². The molecule has 0 aliphatic carbocycles. The van der Waals surface area contributed by atoms with Crippen LogP contribution in [0.4, 0.5) is 5.69 Å². The van der Waals surface area contributed by atoms with Crippen LogP contribution < -0.4 is 10.1 Å². The van der Waals surface area contributed by atoms with E-state index in [1.165, 1.54) is 11.3 Å². The molecule has 1 atom stereocenters. The summed E-state index contributed by atoms with van der Waals surface area (Å²) < 4.78 is 6.21. The predicted octanol–water partition coefficient (Wildman–Crippen LogP) is 6.33. The molecule has 0 spiro atoms. The Labute approximate surface area is 156 Å². The second-order valence-electron chi connectivity index (χ2n) is 5.96. The zero-order valence-corrected chi connectivity index (χ0v) is 16.0. The van der Waals surface area contributed by atoms with E-state index in [2.05, 4.69) is 25.2 Å². The number of hydrogen-bond acceptors (Lipinski definition) is 3. The summed E-state index contributed by atoms with van der Waals surface area (Å²) in [5.74, 6) is 0.917. The molecule has 1 N–H and O–H groups in total. The molecular weight excluding hydrogens is 354 g/mol. The molecule has 25 heavy (non-hydrogen) atoms. The number of halogens is 1. The van der Waals surface area contributed by atoms with Crippen molar-refractivity contribution >= 4 is 44.6 Å². The summed E-state index contributed by atoms with van der Waals surface area (Å²) in [6, 6.07) is 13.6. The second kappa shape index (κ2) is 7.46. The van der Waals surface area contributed by atoms with Crippen molar-refractivity contribution in [2.75, 3.05) is 12.4 Å². The maximum Gasteiger partial charge on any atom is 0.267 e. The number of fused-ring (bicyclic) bond motifs is 1. The van der Waals surface area contributed by atoms with E-state index in [9.17, 15) is 4.79 Å². The van der Waals surface area contributed by atoms with Gasteiger partial charge in [-0.3, -0.25) is 4.79 Å². The third-order valence-corrected chi connectivity index (χ3v) is 6.07. The van der Waals surface area contributed by atoms with Gasteiger partial charge in [-0.1, -0.05) is 43.6 Å². The number of nitrogens with one attached hydrogen (secondary N) is 1. The van der Waals surface area contributed by atoms with Gasteiger partial charge in [-0.05, 0) is 42.2 Å². The lowest BCUT2D eigenvalue weighted by Gasteiger charge is -2.15. The molecule has 3 aromatic rings. The number of benzene rings is 2. The molecule has 0 aliphatic rings. The first-order valence-corrected chi connectivity index (χ1v) is 9.40. The van der Waals surface area contributed by atoms with E-state index in [4.69, 9.17) is 16.3 Å². The molecule has 0 aliphatic heterocycles. The van der Waals surface area contributed by atoms with Crippen molar-refractivity contribution < 1.29 is 9.53 Å². The zero-order chi connectivity index (χ0) is 18.0. The molecule has 3 nitrogen and oxygen atoms in total. The first-order valence-electron chi connectivity index (χ1n) is 8.21. The second-order valence-corrected chi connectivity index (χ2v) is 7.39. The lowest BCUT2D eigenvalue weighted by Crippen LogP contribution is -2.13. The van der Waals surface area contributed by atoms with Gasteiger partial charge in [0.2, 0.25) is 0 Å². The highest BCUT2D eigenvalue weighted by molar-refractivity contribution is 7.21. The number of rotatable bonds is 5. The van der Waals surface area contributed by atoms with E-state index in [0.29, 0.717) is 15.8 Å². The predicted molar refractivity (Wildman–Crippen MR) is 106 cm³/mol. The van der Waals surface area contributed by atoms with Crippen LogP contribution >= 0.6 is 22.9 Å². The van der Waals surface area contributed by atoms with Crippen LogP contribution in [0.2, 0.25) is 5.02 Å². The van der Waals surface area contributed by atoms with Crippen LogP contribution in [-0.2, 0) is 0 Å². The van der Waals surface area contributed by atoms with E-state index in [0.717, 1.165) is 33.5 Å². The fourth-order valence-electron chi connectivity index (χ4n) is 2.76. The number of carbonyl (C=O) groups is 1. The standard InChI is InChI=1S/C20H20ClNO2S/c1-4-12(2)14-7-5-6-8-16(14)22-20(23)19-18(21)15-11-13(24-3)9-10-17(15)25-19/h5-12H,4H2,1-3H3,(H,22,23). The van der Waals surface area contributed by atoms with Crippen LogP contribution in [0.25, 0.3) is 10.1 Å². The van der Waals surface area contributed by atoms with Gasteiger partial charge in [0.1, 0.15) is 10.6 Å². The maximum absolute atomic E-state index is 12.8. The molecule has 1 amide bonds. The maximum atomic E-state index is 12.8. The first-order chi connectivity index (χ1) is 12.0. The lowest BCUT2D eigenvalue weighted by molar-refractivity contribution is 0.103. The Morgan fingerprint density at radius 1 is 1.28 bits per heavy atom. The number of para-hydroxylation sites is 1. The normalized spacial score (nSPS) is 12.2. The van der Waals surface area contributed by atoms with Crippen molar-refractivity contribution in [3.05, 3.63) is 57.9 Å². The SMILES string of the molecule is CCC(C)c1ccccc1NC(=O)c1sc2ccc(OC)cc2c1Cl. The fourth-order valence-corrected chi connectivity index (χ4v) is 4.14. The highest BCUT2D eigenvalue weighted by atomic mass is 35.5. The number of carbonyl (C=O) groups excluding carboxylic acids is 1. The zero-order valence-electron chi connectivity index (χ0n) is 14.4. The van der Waals surface area contributed by atoms with Crippen molar-refractivity contribution in [1.29, 1.82) is 0 Å². The van der Waals surface area contributed by atoms with Crippen LogP contribution in [0, 0.1) is 0 Å². The molecule has 130 valence electrons. The van der Waals surface area contributed by atoms with Gasteiger partial charge in [0.25, 0.3) is 5.91 Å². The molecule has 0 fully saturated rings. The molecular formula is C20H20ClNO2S. The molecule has 3 rings (SSSR count). The Kier molecular flexibility index (Phi) is 5.30. The smallest absolute Gasteiger partial charge is 0.267 e. The fraction of sp³-hybridized carbons (Fsp3) is 0.250. The monoisotopic (exact) mass is 373 g/mol. The van der Waals surface area contributed by atoms with Crippen LogP contribution in [0.15, 0.2) is 42.5 Å². The number of hydrogen-bond donors (Lipinski definition) is 1. The third-order valence-electron chi connectivity index (χ3n) is 4.39. The third kappa shape index (κ3) is 3.51. The highest BCUT2D eigenvalue weighted by Crippen LogP contribution is 2.38. The summed E-state index contributed by atoms with van der Waals surface area (Å²) >= 11 is 7.86. The minimum Gasteiger partial charge on any atom is -0.497 e. The number of methoxy groups -OCH3 is 1. The molecule has 0 bridgehead atoms. The Morgan fingerprint density at radius 2 is 2.04 bits per heavy atom. The van der Waals surface area contributed by atoms with Gasteiger partial charge in [0.15, 0.2) is 0 Å². The average Bonchev–Trinajstić information content (AvgIpc) is 2.97. The van der Waals surface area contributed by atoms with Crippen LogP contribution in [0.3, 0.4) is 0 Å². The van der Waals surface area contributed by atoms with Crippen molar-refractivity contribution in [2.45, 2.75) is 26.2 Å². The Hall–Kier alpha value is -2.04. The summed E-state index contributed by atoms with van der Waals surface area (Å²) in [7, 11) is 1.61. The summed E-state index contributed by atoms with van der Waals surface area (Å²) in [6.45, 7) is 4.29. The van der Waals surface area contributed by atoms with Crippen molar-refractivity contribution in [2.24, 2.45) is 0 Å². The van der Waals surface area contributed by atoms with Crippen LogP contribution in [-0.4, -0.2) is 13.0 Å². The molecule has 1 heterocycles. The molecule has 5 heteroatoms.